The summed E-state index contributed by atoms with van der Waals surface area (Å²) in [5, 5.41) is 11.7. The number of ketones is 2. The first-order chi connectivity index (χ1) is 29.1. The van der Waals surface area contributed by atoms with Crippen LogP contribution in [0.3, 0.4) is 0 Å². The lowest BCUT2D eigenvalue weighted by Gasteiger charge is -2.48. The smallest absolute Gasteiger partial charge is 0.351 e. The van der Waals surface area contributed by atoms with Crippen LogP contribution in [0.25, 0.3) is 10.7 Å². The number of halogens is 1. The van der Waals surface area contributed by atoms with Gasteiger partial charge in [-0.3, -0.25) is 19.3 Å². The minimum Gasteiger partial charge on any atom is -0.455 e. The highest BCUT2D eigenvalue weighted by Crippen LogP contribution is 2.56. The van der Waals surface area contributed by atoms with Gasteiger partial charge in [0.15, 0.2) is 23.5 Å². The number of esters is 2. The van der Waals surface area contributed by atoms with Crippen molar-refractivity contribution in [2.75, 3.05) is 33.8 Å². The summed E-state index contributed by atoms with van der Waals surface area (Å²) >= 11 is 1.39. The molecule has 4 saturated heterocycles. The molecule has 0 amide bonds. The van der Waals surface area contributed by atoms with Crippen molar-refractivity contribution in [1.29, 1.82) is 0 Å². The summed E-state index contributed by atoms with van der Waals surface area (Å²) in [6.45, 7) is 16.7. The molecule has 14 atom stereocenters. The summed E-state index contributed by atoms with van der Waals surface area (Å²) in [6.07, 6.45) is -0.107. The molecule has 62 heavy (non-hydrogen) atoms. The number of aliphatic hydroxyl groups is 1. The van der Waals surface area contributed by atoms with E-state index in [0.717, 1.165) is 11.8 Å². The third kappa shape index (κ3) is 8.79. The van der Waals surface area contributed by atoms with Crippen molar-refractivity contribution in [2.45, 2.75) is 134 Å². The lowest BCUT2D eigenvalue weighted by atomic mass is 9.62. The van der Waals surface area contributed by atoms with Gasteiger partial charge in [0.1, 0.15) is 30.6 Å². The highest BCUT2D eigenvalue weighted by molar-refractivity contribution is 7.15. The number of carbonyl (C=O) groups is 4. The summed E-state index contributed by atoms with van der Waals surface area (Å²) < 4.78 is 48.7. The first-order valence-electron chi connectivity index (χ1n) is 21.3. The molecule has 16 heteroatoms. The number of carbonyl (C=O) groups excluding carboxylic acids is 4. The minimum atomic E-state index is -3.22. The van der Waals surface area contributed by atoms with Gasteiger partial charge < -0.3 is 33.7 Å². The normalized spacial score (nSPS) is 39.4. The molecule has 0 radical (unpaired) electrons. The zero-order chi connectivity index (χ0) is 45.5. The number of Topliss-reactive ketones (excluding diaryl/α,β-unsaturated/α-hetero) is 2. The predicted octanol–water partition coefficient (Wildman–Crippen LogP) is 4.82. The van der Waals surface area contributed by atoms with Crippen molar-refractivity contribution in [3.05, 3.63) is 48.1 Å². The molecule has 2 aromatic heterocycles. The highest BCUT2D eigenvalue weighted by Gasteiger charge is 2.71. The van der Waals surface area contributed by atoms with Gasteiger partial charge in [-0.15, -0.1) is 17.9 Å². The molecule has 2 aromatic rings. The first-order valence-corrected chi connectivity index (χ1v) is 22.2. The Morgan fingerprint density at radius 3 is 2.44 bits per heavy atom. The first kappa shape index (κ1) is 47.5. The number of nitrogens with zero attached hydrogens (tertiary/aromatic N) is 4. The Bertz CT molecular complexity index is 2070. The van der Waals surface area contributed by atoms with E-state index in [1.54, 1.807) is 59.2 Å². The average molecular weight is 881 g/mol. The topological polar surface area (TPSA) is 167 Å². The summed E-state index contributed by atoms with van der Waals surface area (Å²) in [5.41, 5.74) is -7.67. The predicted molar refractivity (Wildman–Crippen MR) is 228 cm³/mol. The molecule has 1 N–H and O–H groups in total. The SMILES string of the molecule is C=CCN1CC2(C)C(=O)[C@H](C)C[C@](C)(OCC#Cc3ccc(-c4ncccn4)s3)[C@H](O[C@@H]3O[C@H](C)C[C@H](N(C)C)[C@H]3O)[C@@H](C)C(=O)[C@](C)(F)C(=O)O[C@H](CC)[C@@]3(C)OC(=O)C1C23. The summed E-state index contributed by atoms with van der Waals surface area (Å²) in [5.74, 6) is 0.149. The largest absolute Gasteiger partial charge is 0.455 e. The number of ether oxygens (including phenoxy) is 5. The number of hydrogen-bond acceptors (Lipinski definition) is 15. The number of likely N-dealkylation sites (N-methyl/N-ethyl adjacent to an activating group) is 1. The fourth-order valence-corrected chi connectivity index (χ4v) is 11.3. The highest BCUT2D eigenvalue weighted by atomic mass is 32.1. The van der Waals surface area contributed by atoms with Crippen molar-refractivity contribution >= 4 is 34.8 Å². The minimum absolute atomic E-state index is 0.0790. The Labute approximate surface area is 367 Å². The molecular formula is C46H61FN4O10S. The monoisotopic (exact) mass is 880 g/mol. The number of rotatable bonds is 9. The zero-order valence-electron chi connectivity index (χ0n) is 37.4. The number of hydrogen-bond donors (Lipinski definition) is 1. The van der Waals surface area contributed by atoms with Crippen molar-refractivity contribution in [2.24, 2.45) is 23.2 Å². The fraction of sp³-hybridized carbons (Fsp3) is 0.652. The van der Waals surface area contributed by atoms with E-state index in [4.69, 9.17) is 23.7 Å². The number of aliphatic hydroxyl groups excluding tert-OH is 1. The van der Waals surface area contributed by atoms with Gasteiger partial charge in [-0.2, -0.15) is 0 Å². The quantitative estimate of drug-likeness (QED) is 0.158. The average Bonchev–Trinajstić information content (AvgIpc) is 3.91. The van der Waals surface area contributed by atoms with Crippen LogP contribution in [-0.4, -0.2) is 142 Å². The summed E-state index contributed by atoms with van der Waals surface area (Å²) in [6, 6.07) is 4.13. The van der Waals surface area contributed by atoms with E-state index in [-0.39, 0.29) is 44.4 Å². The van der Waals surface area contributed by atoms with Gasteiger partial charge in [0.25, 0.3) is 5.67 Å². The Hall–Kier alpha value is -3.95. The number of likely N-dealkylation sites (tertiary alicyclic amines) is 1. The van der Waals surface area contributed by atoms with Crippen LogP contribution in [0.5, 0.6) is 0 Å². The molecule has 6 heterocycles. The second kappa shape index (κ2) is 18.3. The summed E-state index contributed by atoms with van der Waals surface area (Å²) in [4.78, 5) is 71.7. The van der Waals surface area contributed by atoms with Gasteiger partial charge in [-0.1, -0.05) is 45.6 Å². The van der Waals surface area contributed by atoms with Crippen LogP contribution >= 0.6 is 11.3 Å². The fourth-order valence-electron chi connectivity index (χ4n) is 10.5. The van der Waals surface area contributed by atoms with Gasteiger partial charge >= 0.3 is 11.9 Å². The second-order valence-electron chi connectivity index (χ2n) is 18.4. The molecule has 6 rings (SSSR count). The van der Waals surface area contributed by atoms with Crippen LogP contribution in [0.1, 0.15) is 79.5 Å². The molecule has 0 aliphatic carbocycles. The zero-order valence-corrected chi connectivity index (χ0v) is 38.2. The van der Waals surface area contributed by atoms with E-state index in [1.807, 2.05) is 43.0 Å². The maximum Gasteiger partial charge on any atom is 0.351 e. The number of aromatic nitrogens is 2. The van der Waals surface area contributed by atoms with Crippen molar-refractivity contribution in [3.8, 4) is 22.5 Å². The maximum absolute atomic E-state index is 17.2. The molecule has 0 aromatic carbocycles. The molecule has 14 nitrogen and oxygen atoms in total. The van der Waals surface area contributed by atoms with Crippen molar-refractivity contribution in [3.63, 3.8) is 0 Å². The number of alkyl halides is 1. The van der Waals surface area contributed by atoms with E-state index >= 15 is 9.18 Å². The van der Waals surface area contributed by atoms with Crippen LogP contribution in [0, 0.1) is 35.0 Å². The molecule has 0 saturated carbocycles. The van der Waals surface area contributed by atoms with Gasteiger partial charge in [-0.05, 0) is 79.3 Å². The molecule has 3 unspecified atom stereocenters. The third-order valence-electron chi connectivity index (χ3n) is 13.4. The van der Waals surface area contributed by atoms with E-state index in [9.17, 15) is 19.5 Å². The van der Waals surface area contributed by atoms with Crippen LogP contribution in [0.2, 0.25) is 0 Å². The second-order valence-corrected chi connectivity index (χ2v) is 19.4. The lowest BCUT2D eigenvalue weighted by Crippen LogP contribution is -2.61. The molecule has 0 bridgehead atoms. The van der Waals surface area contributed by atoms with Crippen LogP contribution in [0.4, 0.5) is 4.39 Å². The van der Waals surface area contributed by atoms with Crippen LogP contribution < -0.4 is 0 Å². The van der Waals surface area contributed by atoms with E-state index in [2.05, 4.69) is 28.4 Å². The number of cyclic esters (lactones) is 1. The molecule has 4 aliphatic rings. The molecule has 0 spiro atoms. The number of thiophene rings is 1. The van der Waals surface area contributed by atoms with Gasteiger partial charge in [0.2, 0.25) is 0 Å². The van der Waals surface area contributed by atoms with Gasteiger partial charge in [-0.25, -0.2) is 19.2 Å². The van der Waals surface area contributed by atoms with Crippen molar-refractivity contribution < 1.29 is 52.4 Å². The molecule has 4 fully saturated rings. The standard InChI is InChI=1S/C46H61FN4O10S/c1-12-21-51-25-43(6)35-33(51)40(55)61-46(35,9)32(13-2)59-42(56)45(8,47)37(54)28(5)38(60-41-34(52)30(50(10)11)23-27(4)58-41)44(7,24-26(3)36(43)53)57-22-14-16-29-17-18-31(62-29)39-48-19-15-20-49-39/h12,15,17-20,26-28,30,32-35,38,41,52H,1,13,21-25H2,2-11H3/t26-,27-,28+,30+,32-,33?,34-,35?,38-,41+,43?,44+,45+,46-/m1/s1. The van der Waals surface area contributed by atoms with Crippen LogP contribution in [0.15, 0.2) is 43.2 Å². The summed E-state index contributed by atoms with van der Waals surface area (Å²) in [7, 11) is 3.64. The van der Waals surface area contributed by atoms with E-state index in [0.29, 0.717) is 17.1 Å². The van der Waals surface area contributed by atoms with Gasteiger partial charge in [0.05, 0.1) is 27.6 Å². The van der Waals surface area contributed by atoms with E-state index in [1.165, 1.54) is 18.3 Å². The molecule has 338 valence electrons. The Kier molecular flexibility index (Phi) is 14.0. The van der Waals surface area contributed by atoms with Gasteiger partial charge in [0, 0.05) is 54.7 Å². The Morgan fingerprint density at radius 1 is 1.10 bits per heavy atom. The Morgan fingerprint density at radius 2 is 1.79 bits per heavy atom. The lowest BCUT2D eigenvalue weighted by molar-refractivity contribution is -0.296. The molecular weight excluding hydrogens is 820 g/mol. The van der Waals surface area contributed by atoms with E-state index < -0.39 is 94.4 Å². The third-order valence-corrected chi connectivity index (χ3v) is 14.4. The molecule has 4 aliphatic heterocycles. The van der Waals surface area contributed by atoms with Crippen molar-refractivity contribution in [1.82, 2.24) is 19.8 Å². The van der Waals surface area contributed by atoms with Crippen LogP contribution in [-0.2, 0) is 42.9 Å². The Balaban J connectivity index is 1.46. The maximum atomic E-state index is 17.2.